The molecular weight excluding hydrogens is 232 g/mol. The van der Waals surface area contributed by atoms with Gasteiger partial charge in [0.05, 0.1) is 24.5 Å². The smallest absolute Gasteiger partial charge is 0.306 e. The molecule has 92 valence electrons. The standard InChI is InChI=1S/C10H16O5S/c1-2-15-10(12)4-3-9(11)8-5-6-16(13,14)7-8/h8H,2-7H2,1H3. The first-order valence-electron chi connectivity index (χ1n) is 5.33. The molecule has 0 aromatic carbocycles. The molecule has 1 heterocycles. The lowest BCUT2D eigenvalue weighted by Crippen LogP contribution is -2.17. The Balaban J connectivity index is 2.34. The Labute approximate surface area is 95.1 Å². The normalized spacial score (nSPS) is 22.9. The number of ether oxygens (including phenoxy) is 1. The molecule has 1 unspecified atom stereocenters. The van der Waals surface area contributed by atoms with Gasteiger partial charge in [-0.3, -0.25) is 9.59 Å². The highest BCUT2D eigenvalue weighted by Gasteiger charge is 2.32. The fourth-order valence-electron chi connectivity index (χ4n) is 1.71. The lowest BCUT2D eigenvalue weighted by atomic mass is 10.00. The Hall–Kier alpha value is -0.910. The van der Waals surface area contributed by atoms with Crippen LogP contribution in [0.25, 0.3) is 0 Å². The molecule has 1 rings (SSSR count). The molecule has 0 aromatic rings. The zero-order chi connectivity index (χ0) is 12.2. The average molecular weight is 248 g/mol. The van der Waals surface area contributed by atoms with Gasteiger partial charge in [0, 0.05) is 12.3 Å². The topological polar surface area (TPSA) is 77.5 Å². The number of ketones is 1. The summed E-state index contributed by atoms with van der Waals surface area (Å²) in [7, 11) is -3.03. The van der Waals surface area contributed by atoms with Crippen molar-refractivity contribution < 1.29 is 22.7 Å². The molecule has 1 saturated heterocycles. The van der Waals surface area contributed by atoms with E-state index in [0.29, 0.717) is 13.0 Å². The minimum absolute atomic E-state index is 0.0449. The third kappa shape index (κ3) is 3.92. The zero-order valence-electron chi connectivity index (χ0n) is 9.27. The SMILES string of the molecule is CCOC(=O)CCC(=O)C1CCS(=O)(=O)C1. The van der Waals surface area contributed by atoms with Crippen LogP contribution in [0.3, 0.4) is 0 Å². The lowest BCUT2D eigenvalue weighted by molar-refractivity contribution is -0.144. The first-order chi connectivity index (χ1) is 7.44. The molecule has 0 radical (unpaired) electrons. The van der Waals surface area contributed by atoms with E-state index in [1.165, 1.54) is 0 Å². The molecule has 0 N–H and O–H groups in total. The van der Waals surface area contributed by atoms with Crippen molar-refractivity contribution >= 4 is 21.6 Å². The summed E-state index contributed by atoms with van der Waals surface area (Å²) >= 11 is 0. The second-order valence-corrected chi connectivity index (χ2v) is 6.10. The van der Waals surface area contributed by atoms with Crippen LogP contribution in [0.1, 0.15) is 26.2 Å². The van der Waals surface area contributed by atoms with E-state index in [-0.39, 0.29) is 30.1 Å². The maximum Gasteiger partial charge on any atom is 0.306 e. The van der Waals surface area contributed by atoms with E-state index in [1.807, 2.05) is 0 Å². The Bertz CT molecular complexity index is 371. The van der Waals surface area contributed by atoms with Crippen molar-refractivity contribution in [2.24, 2.45) is 5.92 Å². The van der Waals surface area contributed by atoms with Gasteiger partial charge in [0.25, 0.3) is 0 Å². The Kier molecular flexibility index (Phi) is 4.46. The van der Waals surface area contributed by atoms with E-state index in [9.17, 15) is 18.0 Å². The minimum atomic E-state index is -3.03. The first kappa shape index (κ1) is 13.2. The summed E-state index contributed by atoms with van der Waals surface area (Å²) < 4.78 is 27.0. The van der Waals surface area contributed by atoms with Crippen LogP contribution in [-0.2, 0) is 24.2 Å². The van der Waals surface area contributed by atoms with Crippen LogP contribution in [0.5, 0.6) is 0 Å². The Morgan fingerprint density at radius 2 is 2.00 bits per heavy atom. The van der Waals surface area contributed by atoms with Gasteiger partial charge in [-0.1, -0.05) is 0 Å². The molecule has 5 nitrogen and oxygen atoms in total. The van der Waals surface area contributed by atoms with E-state index in [4.69, 9.17) is 0 Å². The molecule has 0 aromatic heterocycles. The third-order valence-corrected chi connectivity index (χ3v) is 4.34. The van der Waals surface area contributed by atoms with Crippen molar-refractivity contribution in [2.75, 3.05) is 18.1 Å². The summed E-state index contributed by atoms with van der Waals surface area (Å²) in [6.07, 6.45) is 0.520. The first-order valence-corrected chi connectivity index (χ1v) is 7.15. The molecular formula is C10H16O5S. The van der Waals surface area contributed by atoms with Crippen LogP contribution in [0.4, 0.5) is 0 Å². The lowest BCUT2D eigenvalue weighted by Gasteiger charge is -2.05. The quantitative estimate of drug-likeness (QED) is 0.655. The average Bonchev–Trinajstić information content (AvgIpc) is 2.56. The summed E-state index contributed by atoms with van der Waals surface area (Å²) in [5.41, 5.74) is 0. The highest BCUT2D eigenvalue weighted by molar-refractivity contribution is 7.91. The van der Waals surface area contributed by atoms with E-state index >= 15 is 0 Å². The maximum absolute atomic E-state index is 11.6. The number of Topliss-reactive ketones (excluding diaryl/α,β-unsaturated/α-hetero) is 1. The Morgan fingerprint density at radius 3 is 2.50 bits per heavy atom. The van der Waals surface area contributed by atoms with Gasteiger partial charge < -0.3 is 4.74 Å². The highest BCUT2D eigenvalue weighted by atomic mass is 32.2. The van der Waals surface area contributed by atoms with Crippen molar-refractivity contribution in [3.05, 3.63) is 0 Å². The molecule has 0 aliphatic carbocycles. The fourth-order valence-corrected chi connectivity index (χ4v) is 3.49. The van der Waals surface area contributed by atoms with Crippen molar-refractivity contribution in [3.63, 3.8) is 0 Å². The monoisotopic (exact) mass is 248 g/mol. The summed E-state index contributed by atoms with van der Waals surface area (Å²) in [4.78, 5) is 22.6. The van der Waals surface area contributed by atoms with E-state index in [2.05, 4.69) is 4.74 Å². The second-order valence-electron chi connectivity index (χ2n) is 3.87. The van der Waals surface area contributed by atoms with Crippen LogP contribution in [-0.4, -0.2) is 38.3 Å². The van der Waals surface area contributed by atoms with Crippen LogP contribution in [0, 0.1) is 5.92 Å². The van der Waals surface area contributed by atoms with Gasteiger partial charge in [-0.15, -0.1) is 0 Å². The van der Waals surface area contributed by atoms with Crippen molar-refractivity contribution in [1.82, 2.24) is 0 Å². The summed E-state index contributed by atoms with van der Waals surface area (Å²) in [6, 6.07) is 0. The van der Waals surface area contributed by atoms with Crippen LogP contribution in [0.15, 0.2) is 0 Å². The largest absolute Gasteiger partial charge is 0.466 e. The number of carbonyl (C=O) groups is 2. The van der Waals surface area contributed by atoms with Crippen LogP contribution in [0.2, 0.25) is 0 Å². The number of esters is 1. The maximum atomic E-state index is 11.6. The number of hydrogen-bond acceptors (Lipinski definition) is 5. The molecule has 1 aliphatic rings. The van der Waals surface area contributed by atoms with Gasteiger partial charge in [0.1, 0.15) is 5.78 Å². The highest BCUT2D eigenvalue weighted by Crippen LogP contribution is 2.20. The van der Waals surface area contributed by atoms with Gasteiger partial charge >= 0.3 is 5.97 Å². The zero-order valence-corrected chi connectivity index (χ0v) is 10.1. The Morgan fingerprint density at radius 1 is 1.31 bits per heavy atom. The van der Waals surface area contributed by atoms with Gasteiger partial charge in [-0.05, 0) is 13.3 Å². The molecule has 1 aliphatic heterocycles. The molecule has 0 spiro atoms. The van der Waals surface area contributed by atoms with Gasteiger partial charge in [-0.25, -0.2) is 8.42 Å². The molecule has 1 fully saturated rings. The summed E-state index contributed by atoms with van der Waals surface area (Å²) in [5, 5.41) is 0. The predicted molar refractivity (Wildman–Crippen MR) is 57.6 cm³/mol. The molecule has 1 atom stereocenters. The summed E-state index contributed by atoms with van der Waals surface area (Å²) in [5.74, 6) is -0.942. The molecule has 0 saturated carbocycles. The predicted octanol–water partition coefficient (Wildman–Crippen LogP) is 0.333. The third-order valence-electron chi connectivity index (χ3n) is 2.57. The molecule has 0 amide bonds. The van der Waals surface area contributed by atoms with Crippen molar-refractivity contribution in [3.8, 4) is 0 Å². The number of hydrogen-bond donors (Lipinski definition) is 0. The van der Waals surface area contributed by atoms with E-state index in [1.54, 1.807) is 6.92 Å². The van der Waals surface area contributed by atoms with Crippen molar-refractivity contribution in [1.29, 1.82) is 0 Å². The van der Waals surface area contributed by atoms with Gasteiger partial charge in [0.15, 0.2) is 9.84 Å². The second kappa shape index (κ2) is 5.43. The van der Waals surface area contributed by atoms with Crippen LogP contribution < -0.4 is 0 Å². The van der Waals surface area contributed by atoms with E-state index < -0.39 is 21.7 Å². The molecule has 0 bridgehead atoms. The van der Waals surface area contributed by atoms with Crippen molar-refractivity contribution in [2.45, 2.75) is 26.2 Å². The minimum Gasteiger partial charge on any atom is -0.466 e. The summed E-state index contributed by atoms with van der Waals surface area (Å²) in [6.45, 7) is 1.99. The van der Waals surface area contributed by atoms with Crippen LogP contribution >= 0.6 is 0 Å². The molecule has 16 heavy (non-hydrogen) atoms. The van der Waals surface area contributed by atoms with Gasteiger partial charge in [0.2, 0.25) is 0 Å². The fraction of sp³-hybridized carbons (Fsp3) is 0.800. The number of carbonyl (C=O) groups excluding carboxylic acids is 2. The number of rotatable bonds is 5. The molecule has 6 heteroatoms. The van der Waals surface area contributed by atoms with E-state index in [0.717, 1.165) is 0 Å². The number of sulfone groups is 1. The van der Waals surface area contributed by atoms with Gasteiger partial charge in [-0.2, -0.15) is 0 Å².